The first kappa shape index (κ1) is 23.0. The summed E-state index contributed by atoms with van der Waals surface area (Å²) < 4.78 is 30.4. The maximum absolute atomic E-state index is 12.9. The molecule has 1 aromatic heterocycles. The maximum atomic E-state index is 12.9. The third-order valence-electron chi connectivity index (χ3n) is 5.26. The zero-order valence-electron chi connectivity index (χ0n) is 16.6. The molecule has 12 heteroatoms. The van der Waals surface area contributed by atoms with Crippen molar-refractivity contribution in [1.82, 2.24) is 33.5 Å². The van der Waals surface area contributed by atoms with Gasteiger partial charge in [0, 0.05) is 71.2 Å². The van der Waals surface area contributed by atoms with Crippen molar-refractivity contribution in [3.63, 3.8) is 0 Å². The first-order valence-corrected chi connectivity index (χ1v) is 10.6. The van der Waals surface area contributed by atoms with Crippen molar-refractivity contribution in [2.75, 3.05) is 66.5 Å². The quantitative estimate of drug-likeness (QED) is 0.620. The Morgan fingerprint density at radius 2 is 1.57 bits per heavy atom. The van der Waals surface area contributed by atoms with Crippen molar-refractivity contribution >= 4 is 28.5 Å². The van der Waals surface area contributed by atoms with Crippen LogP contribution in [0.5, 0.6) is 0 Å². The van der Waals surface area contributed by atoms with Crippen molar-refractivity contribution in [1.29, 1.82) is 0 Å². The van der Waals surface area contributed by atoms with Gasteiger partial charge in [-0.2, -0.15) is 22.1 Å². The lowest BCUT2D eigenvalue weighted by molar-refractivity contribution is -0.134. The molecular weight excluding hydrogens is 406 g/mol. The van der Waals surface area contributed by atoms with Crippen LogP contribution in [0.4, 0.5) is 0 Å². The second kappa shape index (κ2) is 9.51. The Bertz CT molecular complexity index is 756. The number of hydrogen-bond donors (Lipinski definition) is 1. The number of aromatic nitrogens is 2. The Morgan fingerprint density at radius 1 is 1.04 bits per heavy atom. The lowest BCUT2D eigenvalue weighted by Gasteiger charge is -2.39. The topological polar surface area (TPSA) is 94.0 Å². The van der Waals surface area contributed by atoms with Gasteiger partial charge in [0.1, 0.15) is 6.04 Å². The Morgan fingerprint density at radius 3 is 2.04 bits per heavy atom. The van der Waals surface area contributed by atoms with E-state index in [0.717, 1.165) is 18.7 Å². The normalized spacial score (nSPS) is 21.3. The van der Waals surface area contributed by atoms with E-state index in [0.29, 0.717) is 39.3 Å². The number of nitrogens with one attached hydrogen (secondary N) is 1. The molecule has 28 heavy (non-hydrogen) atoms. The number of piperazine rings is 2. The van der Waals surface area contributed by atoms with Gasteiger partial charge in [-0.15, -0.1) is 12.4 Å². The minimum Gasteiger partial charge on any atom is -0.338 e. The predicted octanol–water partition coefficient (Wildman–Crippen LogP) is -1.26. The fourth-order valence-corrected chi connectivity index (χ4v) is 5.10. The number of carbonyl (C=O) groups excluding carboxylic acids is 1. The number of rotatable bonds is 5. The van der Waals surface area contributed by atoms with E-state index in [9.17, 15) is 13.2 Å². The molecule has 0 spiro atoms. The average Bonchev–Trinajstić information content (AvgIpc) is 3.08. The summed E-state index contributed by atoms with van der Waals surface area (Å²) in [6.07, 6.45) is 3.49. The lowest BCUT2D eigenvalue weighted by Crippen LogP contribution is -2.57. The van der Waals surface area contributed by atoms with Gasteiger partial charge in [0.25, 0.3) is 10.2 Å². The molecule has 0 aliphatic carbocycles. The third kappa shape index (κ3) is 4.84. The molecule has 1 atom stereocenters. The van der Waals surface area contributed by atoms with Gasteiger partial charge < -0.3 is 15.1 Å². The molecule has 1 unspecified atom stereocenters. The molecule has 0 bridgehead atoms. The minimum absolute atomic E-state index is 0. The molecular formula is C16H30ClN7O3S. The van der Waals surface area contributed by atoms with E-state index in [4.69, 9.17) is 0 Å². The molecule has 2 aliphatic heterocycles. The van der Waals surface area contributed by atoms with Crippen LogP contribution >= 0.6 is 12.4 Å². The molecule has 0 aromatic carbocycles. The van der Waals surface area contributed by atoms with Crippen LogP contribution in [0.1, 0.15) is 11.6 Å². The Balaban J connectivity index is 0.00000280. The highest BCUT2D eigenvalue weighted by molar-refractivity contribution is 7.86. The summed E-state index contributed by atoms with van der Waals surface area (Å²) in [5, 5.41) is 7.16. The van der Waals surface area contributed by atoms with Gasteiger partial charge in [0.2, 0.25) is 5.91 Å². The summed E-state index contributed by atoms with van der Waals surface area (Å²) in [5.74, 6) is -0.0536. The third-order valence-corrected chi connectivity index (χ3v) is 7.29. The summed E-state index contributed by atoms with van der Waals surface area (Å²) >= 11 is 0. The minimum atomic E-state index is -3.46. The first-order chi connectivity index (χ1) is 12.8. The number of aryl methyl sites for hydroxylation is 1. The molecule has 0 radical (unpaired) electrons. The average molecular weight is 436 g/mol. The number of carbonyl (C=O) groups is 1. The highest BCUT2D eigenvalue weighted by Gasteiger charge is 2.36. The second-order valence-electron chi connectivity index (χ2n) is 7.10. The smallest absolute Gasteiger partial charge is 0.282 e. The molecule has 2 saturated heterocycles. The van der Waals surface area contributed by atoms with Crippen molar-refractivity contribution < 1.29 is 13.2 Å². The highest BCUT2D eigenvalue weighted by Crippen LogP contribution is 2.19. The largest absolute Gasteiger partial charge is 0.338 e. The first-order valence-electron chi connectivity index (χ1n) is 9.21. The fourth-order valence-electron chi connectivity index (χ4n) is 3.53. The zero-order chi connectivity index (χ0) is 19.6. The van der Waals surface area contributed by atoms with E-state index in [1.807, 2.05) is 20.3 Å². The maximum Gasteiger partial charge on any atom is 0.282 e. The van der Waals surface area contributed by atoms with E-state index in [1.165, 1.54) is 4.31 Å². The van der Waals surface area contributed by atoms with Gasteiger partial charge in [0.15, 0.2) is 0 Å². The van der Waals surface area contributed by atoms with Crippen LogP contribution in [0.25, 0.3) is 0 Å². The zero-order valence-corrected chi connectivity index (χ0v) is 18.2. The van der Waals surface area contributed by atoms with Crippen LogP contribution in [-0.4, -0.2) is 109 Å². The summed E-state index contributed by atoms with van der Waals surface area (Å²) in [6, 6.07) is -0.473. The summed E-state index contributed by atoms with van der Waals surface area (Å²) in [6.45, 7) is 3.95. The van der Waals surface area contributed by atoms with Crippen molar-refractivity contribution in [3.05, 3.63) is 18.0 Å². The van der Waals surface area contributed by atoms with Gasteiger partial charge in [-0.05, 0) is 14.1 Å². The molecule has 1 amide bonds. The van der Waals surface area contributed by atoms with Crippen molar-refractivity contribution in [2.24, 2.45) is 7.05 Å². The van der Waals surface area contributed by atoms with E-state index >= 15 is 0 Å². The highest BCUT2D eigenvalue weighted by atomic mass is 35.5. The molecule has 2 aliphatic rings. The van der Waals surface area contributed by atoms with Crippen LogP contribution in [0.2, 0.25) is 0 Å². The van der Waals surface area contributed by atoms with Crippen LogP contribution < -0.4 is 5.32 Å². The summed E-state index contributed by atoms with van der Waals surface area (Å²) in [7, 11) is 2.08. The van der Waals surface area contributed by atoms with Crippen LogP contribution in [0, 0.1) is 0 Å². The molecule has 0 saturated carbocycles. The SMILES string of the molecule is CNC(C(=O)N1CCN(S(=O)(=O)N2CCN(C)CC2)CC1)c1cnn(C)c1.Cl. The van der Waals surface area contributed by atoms with Crippen molar-refractivity contribution in [3.8, 4) is 0 Å². The number of amides is 1. The van der Waals surface area contributed by atoms with Crippen LogP contribution in [0.15, 0.2) is 12.4 Å². The van der Waals surface area contributed by atoms with Gasteiger partial charge in [-0.25, -0.2) is 0 Å². The standard InChI is InChI=1S/C16H29N7O3S.ClH/c1-17-15(14-12-18-20(3)13-14)16(24)21-6-10-23(11-7-21)27(25,26)22-8-4-19(2)5-9-22;/h12-13,15,17H,4-11H2,1-3H3;1H. The Hall–Kier alpha value is -1.24. The van der Waals surface area contributed by atoms with E-state index in [-0.39, 0.29) is 18.3 Å². The van der Waals surface area contributed by atoms with Crippen LogP contribution in [-0.2, 0) is 22.1 Å². The molecule has 3 heterocycles. The number of halogens is 1. The number of likely N-dealkylation sites (N-methyl/N-ethyl adjacent to an activating group) is 2. The van der Waals surface area contributed by atoms with Gasteiger partial charge in [-0.3, -0.25) is 9.48 Å². The Labute approximate surface area is 173 Å². The molecule has 160 valence electrons. The van der Waals surface area contributed by atoms with E-state index in [1.54, 1.807) is 27.1 Å². The molecule has 1 N–H and O–H groups in total. The molecule has 10 nitrogen and oxygen atoms in total. The number of nitrogens with zero attached hydrogens (tertiary/aromatic N) is 6. The molecule has 1 aromatic rings. The predicted molar refractivity (Wildman–Crippen MR) is 108 cm³/mol. The second-order valence-corrected chi connectivity index (χ2v) is 9.03. The number of hydrogen-bond acceptors (Lipinski definition) is 6. The van der Waals surface area contributed by atoms with Gasteiger partial charge in [-0.1, -0.05) is 0 Å². The van der Waals surface area contributed by atoms with Crippen LogP contribution in [0.3, 0.4) is 0 Å². The molecule has 3 rings (SSSR count). The van der Waals surface area contributed by atoms with E-state index < -0.39 is 16.3 Å². The Kier molecular flexibility index (Phi) is 7.82. The summed E-state index contributed by atoms with van der Waals surface area (Å²) in [4.78, 5) is 16.7. The fraction of sp³-hybridized carbons (Fsp3) is 0.750. The summed E-state index contributed by atoms with van der Waals surface area (Å²) in [5.41, 5.74) is 0.803. The van der Waals surface area contributed by atoms with E-state index in [2.05, 4.69) is 15.3 Å². The lowest BCUT2D eigenvalue weighted by atomic mass is 10.1. The molecule has 2 fully saturated rings. The monoisotopic (exact) mass is 435 g/mol. The van der Waals surface area contributed by atoms with Crippen molar-refractivity contribution in [2.45, 2.75) is 6.04 Å². The van der Waals surface area contributed by atoms with Gasteiger partial charge >= 0.3 is 0 Å². The van der Waals surface area contributed by atoms with Gasteiger partial charge in [0.05, 0.1) is 6.20 Å².